The molecule has 2 atom stereocenters. The number of carbonyl (C=O) groups excluding carboxylic acids is 1. The predicted molar refractivity (Wildman–Crippen MR) is 96.2 cm³/mol. The highest BCUT2D eigenvalue weighted by atomic mass is 16.5. The molecule has 4 rings (SSSR count). The minimum absolute atomic E-state index is 0.0812. The molecular weight excluding hydrogens is 332 g/mol. The normalized spacial score (nSPS) is 20.0. The van der Waals surface area contributed by atoms with Gasteiger partial charge >= 0.3 is 0 Å². The van der Waals surface area contributed by atoms with Gasteiger partial charge in [0.15, 0.2) is 5.76 Å². The average Bonchev–Trinajstić information content (AvgIpc) is 3.29. The second-order valence-electron chi connectivity index (χ2n) is 7.07. The fourth-order valence-corrected chi connectivity index (χ4v) is 3.51. The molecule has 0 spiro atoms. The lowest BCUT2D eigenvalue weighted by Gasteiger charge is -2.17. The number of nitrogens with zero attached hydrogens (tertiary/aromatic N) is 1. The van der Waals surface area contributed by atoms with Gasteiger partial charge in [0.05, 0.1) is 24.9 Å². The van der Waals surface area contributed by atoms with Gasteiger partial charge in [-0.05, 0) is 32.4 Å². The molecule has 1 saturated heterocycles. The van der Waals surface area contributed by atoms with Gasteiger partial charge in [-0.3, -0.25) is 4.79 Å². The molecule has 1 amide bonds. The van der Waals surface area contributed by atoms with Crippen molar-refractivity contribution in [3.63, 3.8) is 0 Å². The zero-order valence-corrected chi connectivity index (χ0v) is 15.2. The first-order valence-corrected chi connectivity index (χ1v) is 8.82. The van der Waals surface area contributed by atoms with Crippen LogP contribution in [0.1, 0.15) is 33.1 Å². The predicted octanol–water partition coefficient (Wildman–Crippen LogP) is 3.33. The van der Waals surface area contributed by atoms with Gasteiger partial charge in [-0.1, -0.05) is 17.3 Å². The lowest BCUT2D eigenvalue weighted by atomic mass is 9.98. The number of benzene rings is 1. The molecule has 26 heavy (non-hydrogen) atoms. The third kappa shape index (κ3) is 3.12. The van der Waals surface area contributed by atoms with Crippen LogP contribution >= 0.6 is 0 Å². The Balaban J connectivity index is 1.51. The van der Waals surface area contributed by atoms with Crippen LogP contribution in [0, 0.1) is 26.7 Å². The Labute approximate surface area is 151 Å². The quantitative estimate of drug-likeness (QED) is 0.777. The number of rotatable bonds is 4. The Morgan fingerprint density at radius 2 is 2.08 bits per heavy atom. The highest BCUT2D eigenvalue weighted by molar-refractivity contribution is 5.99. The van der Waals surface area contributed by atoms with Crippen molar-refractivity contribution < 1.29 is 18.5 Å². The van der Waals surface area contributed by atoms with Crippen molar-refractivity contribution in [1.82, 2.24) is 10.5 Å². The Bertz CT molecular complexity index is 956. The van der Waals surface area contributed by atoms with Crippen LogP contribution in [0.15, 0.2) is 33.2 Å². The Morgan fingerprint density at radius 1 is 1.23 bits per heavy atom. The zero-order chi connectivity index (χ0) is 18.3. The number of aromatic nitrogens is 1. The number of hydrogen-bond acceptors (Lipinski definition) is 5. The highest BCUT2D eigenvalue weighted by Gasteiger charge is 2.32. The molecule has 1 fully saturated rings. The average molecular weight is 354 g/mol. The van der Waals surface area contributed by atoms with Gasteiger partial charge in [-0.2, -0.15) is 0 Å². The van der Waals surface area contributed by atoms with Gasteiger partial charge in [0.25, 0.3) is 5.91 Å². The number of nitrogens with one attached hydrogen (secondary N) is 1. The number of aryl methyl sites for hydroxylation is 3. The van der Waals surface area contributed by atoms with Crippen LogP contribution in [0.3, 0.4) is 0 Å². The summed E-state index contributed by atoms with van der Waals surface area (Å²) in [6.07, 6.45) is 0.685. The molecule has 1 N–H and O–H groups in total. The number of carbonyl (C=O) groups is 1. The summed E-state index contributed by atoms with van der Waals surface area (Å²) in [4.78, 5) is 12.8. The summed E-state index contributed by atoms with van der Waals surface area (Å²) in [5, 5.41) is 7.96. The lowest BCUT2D eigenvalue weighted by molar-refractivity contribution is 0.0897. The minimum Gasteiger partial charge on any atom is -0.451 e. The van der Waals surface area contributed by atoms with E-state index in [1.165, 1.54) is 0 Å². The maximum absolute atomic E-state index is 12.8. The smallest absolute Gasteiger partial charge is 0.287 e. The van der Waals surface area contributed by atoms with Crippen molar-refractivity contribution in [1.29, 1.82) is 0 Å². The van der Waals surface area contributed by atoms with Crippen molar-refractivity contribution in [2.45, 2.75) is 33.2 Å². The van der Waals surface area contributed by atoms with Crippen molar-refractivity contribution in [2.75, 3.05) is 13.2 Å². The van der Waals surface area contributed by atoms with Gasteiger partial charge in [0, 0.05) is 29.4 Å². The largest absolute Gasteiger partial charge is 0.451 e. The fourth-order valence-electron chi connectivity index (χ4n) is 3.51. The van der Waals surface area contributed by atoms with Crippen LogP contribution in [0.4, 0.5) is 0 Å². The molecule has 6 heteroatoms. The van der Waals surface area contributed by atoms with E-state index in [-0.39, 0.29) is 17.9 Å². The van der Waals surface area contributed by atoms with Gasteiger partial charge in [-0.25, -0.2) is 0 Å². The summed E-state index contributed by atoms with van der Waals surface area (Å²) in [5.41, 5.74) is 3.56. The van der Waals surface area contributed by atoms with E-state index in [1.807, 2.05) is 45.0 Å². The minimum atomic E-state index is -0.203. The van der Waals surface area contributed by atoms with E-state index in [2.05, 4.69) is 10.5 Å². The molecule has 136 valence electrons. The van der Waals surface area contributed by atoms with Crippen LogP contribution in [-0.4, -0.2) is 30.3 Å². The highest BCUT2D eigenvalue weighted by Crippen LogP contribution is 2.27. The van der Waals surface area contributed by atoms with Crippen molar-refractivity contribution >= 4 is 16.9 Å². The second kappa shape index (κ2) is 6.61. The first-order valence-electron chi connectivity index (χ1n) is 8.82. The van der Waals surface area contributed by atoms with Crippen LogP contribution in [0.5, 0.6) is 0 Å². The number of hydrogen-bond donors (Lipinski definition) is 1. The molecule has 0 aliphatic carbocycles. The molecule has 3 aromatic rings. The topological polar surface area (TPSA) is 77.5 Å². The van der Waals surface area contributed by atoms with Gasteiger partial charge in [0.2, 0.25) is 0 Å². The molecule has 1 aliphatic heterocycles. The SMILES string of the molecule is Cc1ccc2c(C)c(C(=O)N[C@@H]3COC[C@@H]3Cc3cc(C)no3)oc2c1. The molecule has 2 aromatic heterocycles. The molecule has 1 aromatic carbocycles. The lowest BCUT2D eigenvalue weighted by Crippen LogP contribution is -2.40. The summed E-state index contributed by atoms with van der Waals surface area (Å²) in [7, 11) is 0. The Kier molecular flexibility index (Phi) is 4.28. The fraction of sp³-hybridized carbons (Fsp3) is 0.400. The molecular formula is C20H22N2O4. The zero-order valence-electron chi connectivity index (χ0n) is 15.2. The summed E-state index contributed by atoms with van der Waals surface area (Å²) in [6.45, 7) is 6.88. The first kappa shape index (κ1) is 16.8. The van der Waals surface area contributed by atoms with E-state index in [1.54, 1.807) is 0 Å². The van der Waals surface area contributed by atoms with E-state index < -0.39 is 0 Å². The van der Waals surface area contributed by atoms with Gasteiger partial charge in [-0.15, -0.1) is 0 Å². The monoisotopic (exact) mass is 354 g/mol. The molecule has 1 aliphatic rings. The number of ether oxygens (including phenoxy) is 1. The van der Waals surface area contributed by atoms with Crippen molar-refractivity contribution in [3.05, 3.63) is 52.6 Å². The standard InChI is InChI=1S/C20H22N2O4/c1-11-4-5-16-13(3)19(25-18(16)6-11)20(23)21-17-10-24-9-14(17)8-15-7-12(2)22-26-15/h4-7,14,17H,8-10H2,1-3H3,(H,21,23)/t14-,17+/m0/s1. The Hall–Kier alpha value is -2.60. The summed E-state index contributed by atoms with van der Waals surface area (Å²) in [5.74, 6) is 1.13. The van der Waals surface area contributed by atoms with Crippen LogP contribution in [0.2, 0.25) is 0 Å². The molecule has 0 radical (unpaired) electrons. The van der Waals surface area contributed by atoms with Crippen molar-refractivity contribution in [3.8, 4) is 0 Å². The van der Waals surface area contributed by atoms with E-state index in [9.17, 15) is 4.79 Å². The van der Waals surface area contributed by atoms with E-state index >= 15 is 0 Å². The number of fused-ring (bicyclic) bond motifs is 1. The third-order valence-electron chi connectivity index (χ3n) is 4.95. The molecule has 0 saturated carbocycles. The van der Waals surface area contributed by atoms with Gasteiger partial charge in [0.1, 0.15) is 11.3 Å². The summed E-state index contributed by atoms with van der Waals surface area (Å²) < 4.78 is 16.7. The second-order valence-corrected chi connectivity index (χ2v) is 7.07. The number of amides is 1. The third-order valence-corrected chi connectivity index (χ3v) is 4.95. The first-order chi connectivity index (χ1) is 12.5. The van der Waals surface area contributed by atoms with Crippen molar-refractivity contribution in [2.24, 2.45) is 5.92 Å². The van der Waals surface area contributed by atoms with E-state index in [4.69, 9.17) is 13.7 Å². The molecule has 6 nitrogen and oxygen atoms in total. The maximum atomic E-state index is 12.8. The molecule has 3 heterocycles. The number of furan rings is 1. The van der Waals surface area contributed by atoms with E-state index in [0.29, 0.717) is 25.4 Å². The van der Waals surface area contributed by atoms with Crippen LogP contribution < -0.4 is 5.32 Å². The van der Waals surface area contributed by atoms with E-state index in [0.717, 1.165) is 33.6 Å². The maximum Gasteiger partial charge on any atom is 0.287 e. The summed E-state index contributed by atoms with van der Waals surface area (Å²) >= 11 is 0. The van der Waals surface area contributed by atoms with Crippen LogP contribution in [-0.2, 0) is 11.2 Å². The van der Waals surface area contributed by atoms with Gasteiger partial charge < -0.3 is 19.0 Å². The Morgan fingerprint density at radius 3 is 2.85 bits per heavy atom. The molecule has 0 unspecified atom stereocenters. The summed E-state index contributed by atoms with van der Waals surface area (Å²) in [6, 6.07) is 7.80. The van der Waals surface area contributed by atoms with Crippen LogP contribution in [0.25, 0.3) is 11.0 Å². The molecule has 0 bridgehead atoms.